The molecule has 5 nitrogen and oxygen atoms in total. The van der Waals surface area contributed by atoms with E-state index >= 15 is 0 Å². The number of hydrogen-bond acceptors (Lipinski definition) is 4. The summed E-state index contributed by atoms with van der Waals surface area (Å²) < 4.78 is 5.29. The van der Waals surface area contributed by atoms with Gasteiger partial charge in [0.2, 0.25) is 0 Å². The lowest BCUT2D eigenvalue weighted by molar-refractivity contribution is 0.0690. The summed E-state index contributed by atoms with van der Waals surface area (Å²) in [7, 11) is 1.72. The van der Waals surface area contributed by atoms with E-state index in [4.69, 9.17) is 9.84 Å². The number of carboxylic acid groups (broad SMARTS) is 1. The van der Waals surface area contributed by atoms with Crippen molar-refractivity contribution in [3.8, 4) is 0 Å². The number of aromatic nitrogens is 1. The van der Waals surface area contributed by atoms with Gasteiger partial charge in [-0.2, -0.15) is 0 Å². The lowest BCUT2D eigenvalue weighted by Crippen LogP contribution is -2.17. The second-order valence-electron chi connectivity index (χ2n) is 4.25. The zero-order chi connectivity index (χ0) is 12.3. The molecule has 5 heteroatoms. The average molecular weight is 236 g/mol. The summed E-state index contributed by atoms with van der Waals surface area (Å²) in [6.07, 6.45) is 4.87. The molecule has 2 unspecified atom stereocenters. The topological polar surface area (TPSA) is 71.5 Å². The SMILES string of the molecule is COC1CCC(Nc2ccnc(C(=O)O)c2)C1. The normalized spacial score (nSPS) is 23.6. The molecule has 2 atom stereocenters. The molecule has 1 aliphatic carbocycles. The number of methoxy groups -OCH3 is 1. The molecule has 0 bridgehead atoms. The summed E-state index contributed by atoms with van der Waals surface area (Å²) in [5.41, 5.74) is 0.871. The molecule has 1 aromatic rings. The van der Waals surface area contributed by atoms with Crippen molar-refractivity contribution in [3.05, 3.63) is 24.0 Å². The van der Waals surface area contributed by atoms with E-state index in [0.717, 1.165) is 24.9 Å². The standard InChI is InChI=1S/C12H16N2O3/c1-17-10-3-2-8(6-10)14-9-4-5-13-11(7-9)12(15)16/h4-5,7-8,10H,2-3,6H2,1H3,(H,13,14)(H,15,16). The van der Waals surface area contributed by atoms with Gasteiger partial charge in [-0.1, -0.05) is 0 Å². The predicted molar refractivity (Wildman–Crippen MR) is 63.3 cm³/mol. The Balaban J connectivity index is 1.99. The minimum atomic E-state index is -1.00. The number of ether oxygens (including phenoxy) is 1. The van der Waals surface area contributed by atoms with Gasteiger partial charge in [-0.3, -0.25) is 0 Å². The Hall–Kier alpha value is -1.62. The Morgan fingerprint density at radius 1 is 1.59 bits per heavy atom. The smallest absolute Gasteiger partial charge is 0.354 e. The van der Waals surface area contributed by atoms with Crippen LogP contribution in [0.1, 0.15) is 29.8 Å². The maximum absolute atomic E-state index is 10.8. The minimum Gasteiger partial charge on any atom is -0.477 e. The third-order valence-electron chi connectivity index (χ3n) is 3.07. The van der Waals surface area contributed by atoms with Crippen molar-refractivity contribution in [3.63, 3.8) is 0 Å². The van der Waals surface area contributed by atoms with E-state index in [1.54, 1.807) is 19.2 Å². The number of aromatic carboxylic acids is 1. The summed E-state index contributed by atoms with van der Waals surface area (Å²) in [6, 6.07) is 3.69. The van der Waals surface area contributed by atoms with Crippen LogP contribution in [0.4, 0.5) is 5.69 Å². The second-order valence-corrected chi connectivity index (χ2v) is 4.25. The van der Waals surface area contributed by atoms with E-state index in [-0.39, 0.29) is 5.69 Å². The molecule has 0 radical (unpaired) electrons. The Bertz CT molecular complexity index is 408. The Labute approximate surface area is 99.8 Å². The van der Waals surface area contributed by atoms with Gasteiger partial charge in [0, 0.05) is 25.0 Å². The summed E-state index contributed by atoms with van der Waals surface area (Å²) >= 11 is 0. The van der Waals surface area contributed by atoms with Crippen LogP contribution >= 0.6 is 0 Å². The lowest BCUT2D eigenvalue weighted by Gasteiger charge is -2.14. The fourth-order valence-electron chi connectivity index (χ4n) is 2.16. The molecule has 0 spiro atoms. The van der Waals surface area contributed by atoms with Gasteiger partial charge < -0.3 is 15.2 Å². The summed E-state index contributed by atoms with van der Waals surface area (Å²) in [4.78, 5) is 14.6. The highest BCUT2D eigenvalue weighted by atomic mass is 16.5. The van der Waals surface area contributed by atoms with Gasteiger partial charge in [0.1, 0.15) is 5.69 Å². The van der Waals surface area contributed by atoms with Gasteiger partial charge in [-0.05, 0) is 31.4 Å². The summed E-state index contributed by atoms with van der Waals surface area (Å²) in [6.45, 7) is 0. The average Bonchev–Trinajstić information content (AvgIpc) is 2.77. The molecular weight excluding hydrogens is 220 g/mol. The van der Waals surface area contributed by atoms with E-state index in [0.29, 0.717) is 12.1 Å². The Morgan fingerprint density at radius 2 is 2.41 bits per heavy atom. The van der Waals surface area contributed by atoms with Gasteiger partial charge in [0.15, 0.2) is 0 Å². The molecule has 17 heavy (non-hydrogen) atoms. The first-order valence-electron chi connectivity index (χ1n) is 5.67. The van der Waals surface area contributed by atoms with Crippen LogP contribution in [0.3, 0.4) is 0 Å². The van der Waals surface area contributed by atoms with Crippen LogP contribution in [-0.2, 0) is 4.74 Å². The van der Waals surface area contributed by atoms with Crippen molar-refractivity contribution in [2.45, 2.75) is 31.4 Å². The largest absolute Gasteiger partial charge is 0.477 e. The van der Waals surface area contributed by atoms with Gasteiger partial charge in [-0.25, -0.2) is 9.78 Å². The summed E-state index contributed by atoms with van der Waals surface area (Å²) in [5, 5.41) is 12.2. The molecule has 2 rings (SSSR count). The van der Waals surface area contributed by atoms with Crippen LogP contribution in [0, 0.1) is 0 Å². The second kappa shape index (κ2) is 5.14. The first-order valence-corrected chi connectivity index (χ1v) is 5.67. The van der Waals surface area contributed by atoms with E-state index in [9.17, 15) is 4.79 Å². The van der Waals surface area contributed by atoms with Crippen molar-refractivity contribution in [1.29, 1.82) is 0 Å². The lowest BCUT2D eigenvalue weighted by atomic mass is 10.2. The van der Waals surface area contributed by atoms with Crippen LogP contribution in [0.5, 0.6) is 0 Å². The van der Waals surface area contributed by atoms with Crippen LogP contribution in [0.25, 0.3) is 0 Å². The molecular formula is C12H16N2O3. The fraction of sp³-hybridized carbons (Fsp3) is 0.500. The van der Waals surface area contributed by atoms with E-state index in [1.165, 1.54) is 6.20 Å². The van der Waals surface area contributed by atoms with Gasteiger partial charge in [0.25, 0.3) is 0 Å². The molecule has 0 aliphatic heterocycles. The first kappa shape index (κ1) is 11.9. The molecule has 1 aromatic heterocycles. The minimum absolute atomic E-state index is 0.0660. The molecule has 0 aromatic carbocycles. The number of nitrogens with zero attached hydrogens (tertiary/aromatic N) is 1. The number of carboxylic acids is 1. The highest BCUT2D eigenvalue weighted by Gasteiger charge is 2.24. The molecule has 0 amide bonds. The van der Waals surface area contributed by atoms with Crippen LogP contribution in [0.15, 0.2) is 18.3 Å². The first-order chi connectivity index (χ1) is 8.19. The van der Waals surface area contributed by atoms with E-state index in [2.05, 4.69) is 10.3 Å². The van der Waals surface area contributed by atoms with Crippen molar-refractivity contribution in [2.24, 2.45) is 0 Å². The highest BCUT2D eigenvalue weighted by Crippen LogP contribution is 2.24. The van der Waals surface area contributed by atoms with Crippen molar-refractivity contribution >= 4 is 11.7 Å². The predicted octanol–water partition coefficient (Wildman–Crippen LogP) is 1.76. The number of nitrogens with one attached hydrogen (secondary N) is 1. The number of hydrogen-bond donors (Lipinski definition) is 2. The summed E-state index contributed by atoms with van der Waals surface area (Å²) in [5.74, 6) is -1.00. The van der Waals surface area contributed by atoms with E-state index in [1.807, 2.05) is 0 Å². The Morgan fingerprint density at radius 3 is 3.06 bits per heavy atom. The number of pyridine rings is 1. The maximum Gasteiger partial charge on any atom is 0.354 e. The van der Waals surface area contributed by atoms with Crippen molar-refractivity contribution < 1.29 is 14.6 Å². The molecule has 92 valence electrons. The zero-order valence-corrected chi connectivity index (χ0v) is 9.72. The van der Waals surface area contributed by atoms with Crippen molar-refractivity contribution in [2.75, 3.05) is 12.4 Å². The number of carbonyl (C=O) groups is 1. The highest BCUT2D eigenvalue weighted by molar-refractivity contribution is 5.86. The molecule has 0 saturated heterocycles. The fourth-order valence-corrected chi connectivity index (χ4v) is 2.16. The van der Waals surface area contributed by atoms with Gasteiger partial charge in [-0.15, -0.1) is 0 Å². The Kier molecular flexibility index (Phi) is 3.58. The molecule has 1 heterocycles. The van der Waals surface area contributed by atoms with Crippen molar-refractivity contribution in [1.82, 2.24) is 4.98 Å². The maximum atomic E-state index is 10.8. The quantitative estimate of drug-likeness (QED) is 0.833. The van der Waals surface area contributed by atoms with E-state index < -0.39 is 5.97 Å². The monoisotopic (exact) mass is 236 g/mol. The third kappa shape index (κ3) is 2.94. The van der Waals surface area contributed by atoms with Gasteiger partial charge >= 0.3 is 5.97 Å². The third-order valence-corrected chi connectivity index (χ3v) is 3.07. The number of anilines is 1. The molecule has 1 aliphatic rings. The van der Waals surface area contributed by atoms with Gasteiger partial charge in [0.05, 0.1) is 6.10 Å². The van der Waals surface area contributed by atoms with Crippen LogP contribution in [0.2, 0.25) is 0 Å². The van der Waals surface area contributed by atoms with Crippen LogP contribution in [-0.4, -0.2) is 35.3 Å². The van der Waals surface area contributed by atoms with Crippen LogP contribution < -0.4 is 5.32 Å². The molecule has 1 saturated carbocycles. The number of rotatable bonds is 4. The molecule has 1 fully saturated rings. The molecule has 2 N–H and O–H groups in total. The zero-order valence-electron chi connectivity index (χ0n) is 9.72.